The third-order valence-corrected chi connectivity index (χ3v) is 3.85. The number of benzene rings is 1. The molecule has 0 heterocycles. The number of hydrogen-bond acceptors (Lipinski definition) is 0. The maximum absolute atomic E-state index is 12.4. The van der Waals surface area contributed by atoms with E-state index in [1.54, 1.807) is 12.1 Å². The van der Waals surface area contributed by atoms with E-state index in [0.29, 0.717) is 0 Å². The minimum Gasteiger partial charge on any atom is -0.166 e. The van der Waals surface area contributed by atoms with Gasteiger partial charge in [-0.25, -0.2) is 0 Å². The van der Waals surface area contributed by atoms with Crippen molar-refractivity contribution in [1.29, 1.82) is 0 Å². The number of alkyl halides is 3. The van der Waals surface area contributed by atoms with Crippen molar-refractivity contribution in [2.45, 2.75) is 51.1 Å². The van der Waals surface area contributed by atoms with E-state index in [2.05, 4.69) is 0 Å². The molecular formula is C15H19F3. The third kappa shape index (κ3) is 3.76. The van der Waals surface area contributed by atoms with Crippen LogP contribution in [0.4, 0.5) is 13.2 Å². The Labute approximate surface area is 106 Å². The zero-order chi connectivity index (χ0) is 13.0. The molecule has 1 aliphatic carbocycles. The molecule has 0 unspecified atom stereocenters. The lowest BCUT2D eigenvalue weighted by atomic mass is 9.85. The lowest BCUT2D eigenvalue weighted by Gasteiger charge is -2.21. The standard InChI is InChI=1S/C15H19F3/c16-15(17,18)14-10-8-13(9-11-14)7-6-12-4-2-1-3-5-12/h8-12H,1-7H2. The summed E-state index contributed by atoms with van der Waals surface area (Å²) in [6.07, 6.45) is 4.36. The molecule has 0 aliphatic heterocycles. The molecule has 1 saturated carbocycles. The molecule has 0 bridgehead atoms. The largest absolute Gasteiger partial charge is 0.416 e. The van der Waals surface area contributed by atoms with E-state index < -0.39 is 11.7 Å². The minimum atomic E-state index is -4.22. The maximum Gasteiger partial charge on any atom is 0.416 e. The van der Waals surface area contributed by atoms with Gasteiger partial charge >= 0.3 is 6.18 Å². The smallest absolute Gasteiger partial charge is 0.166 e. The van der Waals surface area contributed by atoms with Crippen molar-refractivity contribution in [2.24, 2.45) is 5.92 Å². The summed E-state index contributed by atoms with van der Waals surface area (Å²) in [6.45, 7) is 0. The second-order valence-corrected chi connectivity index (χ2v) is 5.24. The average Bonchev–Trinajstić information content (AvgIpc) is 2.37. The second-order valence-electron chi connectivity index (χ2n) is 5.24. The van der Waals surface area contributed by atoms with Gasteiger partial charge in [0.15, 0.2) is 0 Å². The van der Waals surface area contributed by atoms with Crippen molar-refractivity contribution >= 4 is 0 Å². The Morgan fingerprint density at radius 3 is 2.11 bits per heavy atom. The van der Waals surface area contributed by atoms with Crippen molar-refractivity contribution < 1.29 is 13.2 Å². The first-order chi connectivity index (χ1) is 8.55. The van der Waals surface area contributed by atoms with Crippen LogP contribution < -0.4 is 0 Å². The van der Waals surface area contributed by atoms with Gasteiger partial charge in [0.25, 0.3) is 0 Å². The molecule has 0 amide bonds. The molecule has 2 rings (SSSR count). The molecule has 1 aliphatic rings. The van der Waals surface area contributed by atoms with Gasteiger partial charge in [0.05, 0.1) is 5.56 Å². The van der Waals surface area contributed by atoms with Gasteiger partial charge in [0, 0.05) is 0 Å². The highest BCUT2D eigenvalue weighted by atomic mass is 19.4. The normalized spacial score (nSPS) is 17.9. The van der Waals surface area contributed by atoms with E-state index in [1.807, 2.05) is 0 Å². The lowest BCUT2D eigenvalue weighted by Crippen LogP contribution is -2.08. The summed E-state index contributed by atoms with van der Waals surface area (Å²) in [6, 6.07) is 5.61. The molecular weight excluding hydrogens is 237 g/mol. The number of hydrogen-bond donors (Lipinski definition) is 0. The van der Waals surface area contributed by atoms with Gasteiger partial charge in [0.1, 0.15) is 0 Å². The Bertz CT molecular complexity index is 358. The Balaban J connectivity index is 1.86. The molecule has 0 nitrogen and oxygen atoms in total. The van der Waals surface area contributed by atoms with Gasteiger partial charge in [-0.1, -0.05) is 44.2 Å². The number of halogens is 3. The van der Waals surface area contributed by atoms with Crippen LogP contribution in [0.3, 0.4) is 0 Å². The van der Waals surface area contributed by atoms with Crippen molar-refractivity contribution in [3.05, 3.63) is 35.4 Å². The molecule has 1 aromatic carbocycles. The van der Waals surface area contributed by atoms with E-state index in [1.165, 1.54) is 44.2 Å². The molecule has 0 spiro atoms. The van der Waals surface area contributed by atoms with Gasteiger partial charge in [-0.3, -0.25) is 0 Å². The first-order valence-corrected chi connectivity index (χ1v) is 6.72. The molecule has 1 aromatic rings. The van der Waals surface area contributed by atoms with Crippen LogP contribution in [-0.4, -0.2) is 0 Å². The molecule has 3 heteroatoms. The van der Waals surface area contributed by atoms with E-state index in [4.69, 9.17) is 0 Å². The lowest BCUT2D eigenvalue weighted by molar-refractivity contribution is -0.137. The summed E-state index contributed by atoms with van der Waals surface area (Å²) < 4.78 is 37.2. The SMILES string of the molecule is FC(F)(F)c1ccc(CCC2CCCCC2)cc1. The molecule has 1 fully saturated rings. The maximum atomic E-state index is 12.4. The number of aryl methyl sites for hydroxylation is 1. The van der Waals surface area contributed by atoms with Crippen molar-refractivity contribution in [2.75, 3.05) is 0 Å². The molecule has 0 aromatic heterocycles. The highest BCUT2D eigenvalue weighted by molar-refractivity contribution is 5.24. The summed E-state index contributed by atoms with van der Waals surface area (Å²) in [4.78, 5) is 0. The van der Waals surface area contributed by atoms with E-state index in [0.717, 1.165) is 24.3 Å². The molecule has 0 atom stereocenters. The highest BCUT2D eigenvalue weighted by Gasteiger charge is 2.29. The molecule has 0 N–H and O–H groups in total. The number of rotatable bonds is 3. The fraction of sp³-hybridized carbons (Fsp3) is 0.600. The van der Waals surface area contributed by atoms with Crippen molar-refractivity contribution in [1.82, 2.24) is 0 Å². The second kappa shape index (κ2) is 5.77. The third-order valence-electron chi connectivity index (χ3n) is 3.85. The van der Waals surface area contributed by atoms with E-state index in [-0.39, 0.29) is 0 Å². The first-order valence-electron chi connectivity index (χ1n) is 6.72. The fourth-order valence-electron chi connectivity index (χ4n) is 2.71. The van der Waals surface area contributed by atoms with Crippen LogP contribution in [0.25, 0.3) is 0 Å². The zero-order valence-electron chi connectivity index (χ0n) is 10.5. The Kier molecular flexibility index (Phi) is 4.31. The molecule has 0 saturated heterocycles. The van der Waals surface area contributed by atoms with Crippen LogP contribution in [0.2, 0.25) is 0 Å². The Morgan fingerprint density at radius 2 is 1.56 bits per heavy atom. The topological polar surface area (TPSA) is 0 Å². The Morgan fingerprint density at radius 1 is 0.944 bits per heavy atom. The fourth-order valence-corrected chi connectivity index (χ4v) is 2.71. The van der Waals surface area contributed by atoms with Gasteiger partial charge < -0.3 is 0 Å². The first kappa shape index (κ1) is 13.4. The van der Waals surface area contributed by atoms with Crippen LogP contribution in [0.5, 0.6) is 0 Å². The molecule has 100 valence electrons. The predicted molar refractivity (Wildman–Crippen MR) is 66.3 cm³/mol. The van der Waals surface area contributed by atoms with Gasteiger partial charge in [-0.2, -0.15) is 13.2 Å². The summed E-state index contributed by atoms with van der Waals surface area (Å²) >= 11 is 0. The van der Waals surface area contributed by atoms with Crippen LogP contribution in [0, 0.1) is 5.92 Å². The van der Waals surface area contributed by atoms with Crippen LogP contribution in [0.15, 0.2) is 24.3 Å². The van der Waals surface area contributed by atoms with E-state index >= 15 is 0 Å². The zero-order valence-corrected chi connectivity index (χ0v) is 10.5. The van der Waals surface area contributed by atoms with Gasteiger partial charge in [-0.15, -0.1) is 0 Å². The minimum absolute atomic E-state index is 0.552. The highest BCUT2D eigenvalue weighted by Crippen LogP contribution is 2.30. The quantitative estimate of drug-likeness (QED) is 0.695. The molecule has 18 heavy (non-hydrogen) atoms. The van der Waals surface area contributed by atoms with Crippen LogP contribution in [0.1, 0.15) is 49.7 Å². The van der Waals surface area contributed by atoms with Crippen LogP contribution >= 0.6 is 0 Å². The van der Waals surface area contributed by atoms with Crippen LogP contribution in [-0.2, 0) is 12.6 Å². The molecule has 0 radical (unpaired) electrons. The Hall–Kier alpha value is -0.990. The summed E-state index contributed by atoms with van der Waals surface area (Å²) in [7, 11) is 0. The van der Waals surface area contributed by atoms with Crippen molar-refractivity contribution in [3.63, 3.8) is 0 Å². The van der Waals surface area contributed by atoms with Crippen molar-refractivity contribution in [3.8, 4) is 0 Å². The predicted octanol–water partition coefficient (Wildman–Crippen LogP) is 5.22. The summed E-state index contributed by atoms with van der Waals surface area (Å²) in [5.74, 6) is 0.779. The van der Waals surface area contributed by atoms with Gasteiger partial charge in [0.2, 0.25) is 0 Å². The average molecular weight is 256 g/mol. The summed E-state index contributed by atoms with van der Waals surface area (Å²) in [5.41, 5.74) is 0.470. The monoisotopic (exact) mass is 256 g/mol. The van der Waals surface area contributed by atoms with Gasteiger partial charge in [-0.05, 0) is 36.5 Å². The van der Waals surface area contributed by atoms with E-state index in [9.17, 15) is 13.2 Å². The summed E-state index contributed by atoms with van der Waals surface area (Å²) in [5, 5.41) is 0.